The predicted molar refractivity (Wildman–Crippen MR) is 64.2 cm³/mol. The molecule has 0 aromatic carbocycles. The Bertz CT molecular complexity index is 198. The molecule has 0 rings (SSSR count). The van der Waals surface area contributed by atoms with Gasteiger partial charge in [-0.3, -0.25) is 9.59 Å². The van der Waals surface area contributed by atoms with Crippen LogP contribution in [0.4, 0.5) is 0 Å². The van der Waals surface area contributed by atoms with Crippen LogP contribution in [-0.2, 0) is 9.59 Å². The van der Waals surface area contributed by atoms with E-state index in [-0.39, 0.29) is 11.7 Å². The van der Waals surface area contributed by atoms with Crippen LogP contribution in [0.2, 0.25) is 0 Å². The van der Waals surface area contributed by atoms with Gasteiger partial charge in [0.05, 0.1) is 11.9 Å². The van der Waals surface area contributed by atoms with Crippen LogP contribution in [0.5, 0.6) is 0 Å². The fraction of sp³-hybridized carbons (Fsp3) is 0.800. The van der Waals surface area contributed by atoms with Crippen LogP contribution in [0.15, 0.2) is 0 Å². The van der Waals surface area contributed by atoms with E-state index in [9.17, 15) is 9.59 Å². The summed E-state index contributed by atoms with van der Waals surface area (Å²) >= 11 is 3.07. The fourth-order valence-corrected chi connectivity index (χ4v) is 1.38. The van der Waals surface area contributed by atoms with Gasteiger partial charge >= 0.3 is 0 Å². The van der Waals surface area contributed by atoms with E-state index < -0.39 is 0 Å². The van der Waals surface area contributed by atoms with Crippen molar-refractivity contribution in [3.05, 3.63) is 0 Å². The molecule has 0 atom stereocenters. The lowest BCUT2D eigenvalue weighted by Gasteiger charge is -2.02. The maximum Gasteiger partial charge on any atom is 0.230 e. The number of hydrogen-bond donors (Lipinski definition) is 2. The highest BCUT2D eigenvalue weighted by Crippen LogP contribution is 1.99. The molecule has 0 aliphatic heterocycles. The zero-order valence-electron chi connectivity index (χ0n) is 9.14. The van der Waals surface area contributed by atoms with Gasteiger partial charge in [0.1, 0.15) is 5.78 Å². The van der Waals surface area contributed by atoms with E-state index in [1.54, 1.807) is 7.05 Å². The van der Waals surface area contributed by atoms with Gasteiger partial charge in [-0.2, -0.15) is 0 Å². The fourth-order valence-electron chi connectivity index (χ4n) is 1.18. The lowest BCUT2D eigenvalue weighted by Crippen LogP contribution is -2.25. The molecule has 0 saturated heterocycles. The molecule has 0 aromatic heterocycles. The van der Waals surface area contributed by atoms with E-state index >= 15 is 0 Å². The Morgan fingerprint density at radius 3 is 2.53 bits per heavy atom. The summed E-state index contributed by atoms with van der Waals surface area (Å²) in [5, 5.41) is 5.95. The first-order chi connectivity index (χ1) is 7.20. The van der Waals surface area contributed by atoms with Gasteiger partial charge in [0.25, 0.3) is 0 Å². The average molecular weight is 279 g/mol. The number of Topliss-reactive ketones (excluding diaryl/α,β-unsaturated/α-hetero) is 1. The maximum absolute atomic E-state index is 11.1. The van der Waals surface area contributed by atoms with Crippen molar-refractivity contribution < 1.29 is 9.59 Å². The van der Waals surface area contributed by atoms with Crippen molar-refractivity contribution in [1.29, 1.82) is 0 Å². The number of carbonyl (C=O) groups excluding carboxylic acids is 2. The summed E-state index contributed by atoms with van der Waals surface area (Å²) in [5.74, 6) is 0.267. The Kier molecular flexibility index (Phi) is 9.83. The van der Waals surface area contributed by atoms with Gasteiger partial charge in [-0.15, -0.1) is 0 Å². The molecule has 0 fully saturated rings. The molecular weight excluding hydrogens is 260 g/mol. The van der Waals surface area contributed by atoms with Crippen LogP contribution in [0.1, 0.15) is 25.7 Å². The molecule has 0 aromatic rings. The van der Waals surface area contributed by atoms with Crippen molar-refractivity contribution in [2.75, 3.05) is 25.5 Å². The molecule has 0 spiro atoms. The Hall–Kier alpha value is -0.420. The molecule has 2 N–H and O–H groups in total. The molecule has 0 heterocycles. The topological polar surface area (TPSA) is 58.2 Å². The third-order valence-corrected chi connectivity index (χ3v) is 2.46. The van der Waals surface area contributed by atoms with Gasteiger partial charge in [0.2, 0.25) is 5.91 Å². The normalized spacial score (nSPS) is 10.0. The summed E-state index contributed by atoms with van der Waals surface area (Å²) in [4.78, 5) is 21.9. The van der Waals surface area contributed by atoms with Crippen LogP contribution >= 0.6 is 15.9 Å². The molecular formula is C10H19BrN2O2. The highest BCUT2D eigenvalue weighted by atomic mass is 79.9. The molecule has 0 aliphatic carbocycles. The van der Waals surface area contributed by atoms with E-state index in [2.05, 4.69) is 26.6 Å². The largest absolute Gasteiger partial charge is 0.355 e. The van der Waals surface area contributed by atoms with E-state index in [4.69, 9.17) is 0 Å². The number of nitrogens with one attached hydrogen (secondary N) is 2. The minimum absolute atomic E-state index is 0.0151. The SMILES string of the molecule is CNCC(=O)CCCCCNC(=O)CBr. The number of ketones is 1. The van der Waals surface area contributed by atoms with Crippen molar-refractivity contribution >= 4 is 27.6 Å². The Morgan fingerprint density at radius 1 is 1.20 bits per heavy atom. The van der Waals surface area contributed by atoms with E-state index in [0.717, 1.165) is 19.3 Å². The zero-order chi connectivity index (χ0) is 11.5. The second kappa shape index (κ2) is 10.1. The van der Waals surface area contributed by atoms with Gasteiger partial charge in [0.15, 0.2) is 0 Å². The van der Waals surface area contributed by atoms with Crippen molar-refractivity contribution in [2.24, 2.45) is 0 Å². The summed E-state index contributed by atoms with van der Waals surface area (Å²) in [7, 11) is 1.77. The van der Waals surface area contributed by atoms with Crippen molar-refractivity contribution in [1.82, 2.24) is 10.6 Å². The van der Waals surface area contributed by atoms with Crippen LogP contribution in [0.25, 0.3) is 0 Å². The summed E-state index contributed by atoms with van der Waals surface area (Å²) in [6, 6.07) is 0. The predicted octanol–water partition coefficient (Wildman–Crippen LogP) is 0.846. The summed E-state index contributed by atoms with van der Waals surface area (Å²) < 4.78 is 0. The second-order valence-corrected chi connectivity index (χ2v) is 3.92. The molecule has 0 radical (unpaired) electrons. The lowest BCUT2D eigenvalue weighted by atomic mass is 10.1. The number of unbranched alkanes of at least 4 members (excludes halogenated alkanes) is 2. The smallest absolute Gasteiger partial charge is 0.230 e. The standard InChI is InChI=1S/C10H19BrN2O2/c1-12-8-9(14)5-3-2-4-6-13-10(15)7-11/h12H,2-8H2,1H3,(H,13,15). The second-order valence-electron chi connectivity index (χ2n) is 3.36. The van der Waals surface area contributed by atoms with Crippen LogP contribution < -0.4 is 10.6 Å². The van der Waals surface area contributed by atoms with Crippen LogP contribution in [0, 0.1) is 0 Å². The van der Waals surface area contributed by atoms with Crippen LogP contribution in [-0.4, -0.2) is 37.2 Å². The van der Waals surface area contributed by atoms with Gasteiger partial charge in [-0.25, -0.2) is 0 Å². The van der Waals surface area contributed by atoms with Gasteiger partial charge in [-0.05, 0) is 19.9 Å². The lowest BCUT2D eigenvalue weighted by molar-refractivity contribution is -0.119. The summed E-state index contributed by atoms with van der Waals surface area (Å²) in [6.45, 7) is 1.16. The number of carbonyl (C=O) groups is 2. The molecule has 1 amide bonds. The van der Waals surface area contributed by atoms with Crippen LogP contribution in [0.3, 0.4) is 0 Å². The Balaban J connectivity index is 3.18. The number of alkyl halides is 1. The molecule has 0 aliphatic rings. The minimum Gasteiger partial charge on any atom is -0.355 e. The number of likely N-dealkylation sites (N-methyl/N-ethyl adjacent to an activating group) is 1. The first-order valence-corrected chi connectivity index (χ1v) is 6.31. The number of hydrogen-bond acceptors (Lipinski definition) is 3. The third-order valence-electron chi connectivity index (χ3n) is 1.95. The van der Waals surface area contributed by atoms with E-state index in [1.165, 1.54) is 0 Å². The molecule has 88 valence electrons. The third kappa shape index (κ3) is 9.87. The highest BCUT2D eigenvalue weighted by Gasteiger charge is 2.00. The molecule has 15 heavy (non-hydrogen) atoms. The zero-order valence-corrected chi connectivity index (χ0v) is 10.7. The summed E-state index contributed by atoms with van der Waals surface area (Å²) in [5.41, 5.74) is 0. The van der Waals surface area contributed by atoms with Gasteiger partial charge in [0, 0.05) is 13.0 Å². The average Bonchev–Trinajstić information content (AvgIpc) is 2.23. The highest BCUT2D eigenvalue weighted by molar-refractivity contribution is 9.09. The quantitative estimate of drug-likeness (QED) is 0.486. The summed E-state index contributed by atoms with van der Waals surface area (Å²) in [6.07, 6.45) is 3.46. The number of rotatable bonds is 9. The molecule has 5 heteroatoms. The van der Waals surface area contributed by atoms with Crippen molar-refractivity contribution in [3.63, 3.8) is 0 Å². The van der Waals surface area contributed by atoms with E-state index in [0.29, 0.717) is 24.8 Å². The molecule has 0 bridgehead atoms. The van der Waals surface area contributed by atoms with Crippen molar-refractivity contribution in [3.8, 4) is 0 Å². The van der Waals surface area contributed by atoms with Gasteiger partial charge < -0.3 is 10.6 Å². The minimum atomic E-state index is 0.0151. The molecule has 0 unspecified atom stereocenters. The van der Waals surface area contributed by atoms with E-state index in [1.807, 2.05) is 0 Å². The van der Waals surface area contributed by atoms with Gasteiger partial charge in [-0.1, -0.05) is 22.4 Å². The first-order valence-electron chi connectivity index (χ1n) is 5.19. The Morgan fingerprint density at radius 2 is 1.93 bits per heavy atom. The monoisotopic (exact) mass is 278 g/mol. The Labute approximate surface area is 99.3 Å². The molecule has 0 saturated carbocycles. The maximum atomic E-state index is 11.1. The first kappa shape index (κ1) is 14.6. The number of amides is 1. The van der Waals surface area contributed by atoms with Crippen molar-refractivity contribution in [2.45, 2.75) is 25.7 Å². The number of halogens is 1. The molecule has 4 nitrogen and oxygen atoms in total.